The van der Waals surface area contributed by atoms with Crippen molar-refractivity contribution < 1.29 is 9.84 Å². The molecule has 0 fully saturated rings. The minimum Gasteiger partial charge on any atom is -0.508 e. The quantitative estimate of drug-likeness (QED) is 0.208. The third-order valence-electron chi connectivity index (χ3n) is 6.73. The van der Waals surface area contributed by atoms with Crippen LogP contribution in [0.1, 0.15) is 22.7 Å². The fraction of sp³-hybridized carbons (Fsp3) is 0.0968. The number of hydrogen-bond acceptors (Lipinski definition) is 4. The van der Waals surface area contributed by atoms with Crippen LogP contribution < -0.4 is 15.0 Å². The minimum atomic E-state index is -0.285. The van der Waals surface area contributed by atoms with Crippen LogP contribution in [0.5, 0.6) is 11.5 Å². The van der Waals surface area contributed by atoms with Gasteiger partial charge in [0.05, 0.1) is 11.7 Å². The number of halogens is 2. The molecular weight excluding hydrogens is 592 g/mol. The molecule has 4 nitrogen and oxygen atoms in total. The van der Waals surface area contributed by atoms with Crippen LogP contribution in [0, 0.1) is 0 Å². The number of anilines is 2. The van der Waals surface area contributed by atoms with Gasteiger partial charge in [0.1, 0.15) is 11.5 Å². The first kappa shape index (κ1) is 23.9. The molecule has 5 aromatic carbocycles. The van der Waals surface area contributed by atoms with Gasteiger partial charge in [-0.25, -0.2) is 0 Å². The summed E-state index contributed by atoms with van der Waals surface area (Å²) < 4.78 is 8.13. The fourth-order valence-electron chi connectivity index (χ4n) is 4.86. The summed E-state index contributed by atoms with van der Waals surface area (Å²) in [5.41, 5.74) is 4.99. The Balaban J connectivity index is 1.43. The predicted octanol–water partition coefficient (Wildman–Crippen LogP) is 8.63. The Morgan fingerprint density at radius 1 is 0.784 bits per heavy atom. The molecule has 6 heteroatoms. The number of nitrogens with one attached hydrogen (secondary N) is 1. The lowest BCUT2D eigenvalue weighted by molar-refractivity contribution is 0.289. The number of phenols is 1. The summed E-state index contributed by atoms with van der Waals surface area (Å²) in [5.74, 6) is 1.14. The van der Waals surface area contributed by atoms with E-state index in [0.29, 0.717) is 6.73 Å². The number of ether oxygens (including phenoxy) is 1. The zero-order valence-electron chi connectivity index (χ0n) is 19.9. The second-order valence-corrected chi connectivity index (χ2v) is 10.8. The van der Waals surface area contributed by atoms with Crippen LogP contribution in [0.15, 0.2) is 112 Å². The SMILES string of the molecule is Oc1cc2ccccc2cc1C(Nc1ccccc1Br)c1ccc2c(c1)CN(c1ccccc1Br)CO2. The Morgan fingerprint density at radius 2 is 1.49 bits per heavy atom. The lowest BCUT2D eigenvalue weighted by Crippen LogP contribution is -2.32. The topological polar surface area (TPSA) is 44.7 Å². The maximum Gasteiger partial charge on any atom is 0.161 e. The van der Waals surface area contributed by atoms with E-state index in [-0.39, 0.29) is 11.8 Å². The van der Waals surface area contributed by atoms with Crippen molar-refractivity contribution in [2.24, 2.45) is 0 Å². The molecule has 6 rings (SSSR count). The molecule has 0 spiro atoms. The van der Waals surface area contributed by atoms with Crippen molar-refractivity contribution >= 4 is 54.0 Å². The maximum atomic E-state index is 11.2. The molecule has 0 saturated heterocycles. The van der Waals surface area contributed by atoms with Crippen LogP contribution in [0.4, 0.5) is 11.4 Å². The standard InChI is InChI=1S/C31H24Br2N2O2/c32-25-9-3-5-11-27(25)34-31(24-16-20-7-1-2-8-21(20)17-29(24)36)22-13-14-30-23(15-22)18-35(19-37-30)28-12-6-4-10-26(28)33/h1-17,31,34,36H,18-19H2. The van der Waals surface area contributed by atoms with Gasteiger partial charge in [0.25, 0.3) is 0 Å². The van der Waals surface area contributed by atoms with E-state index in [0.717, 1.165) is 60.1 Å². The van der Waals surface area contributed by atoms with Crippen LogP contribution in [-0.2, 0) is 6.54 Å². The first-order valence-electron chi connectivity index (χ1n) is 12.0. The van der Waals surface area contributed by atoms with E-state index in [2.05, 4.69) is 72.4 Å². The number of phenolic OH excluding ortho intramolecular Hbond substituents is 1. The van der Waals surface area contributed by atoms with E-state index in [1.54, 1.807) is 0 Å². The molecule has 37 heavy (non-hydrogen) atoms. The third kappa shape index (κ3) is 4.79. The van der Waals surface area contributed by atoms with E-state index in [1.807, 2.05) is 72.8 Å². The van der Waals surface area contributed by atoms with Crippen LogP contribution in [-0.4, -0.2) is 11.8 Å². The molecule has 1 heterocycles. The molecule has 0 aromatic heterocycles. The molecule has 1 unspecified atom stereocenters. The van der Waals surface area contributed by atoms with E-state index in [1.165, 1.54) is 0 Å². The zero-order valence-corrected chi connectivity index (χ0v) is 23.0. The molecule has 0 amide bonds. The monoisotopic (exact) mass is 614 g/mol. The maximum absolute atomic E-state index is 11.2. The smallest absolute Gasteiger partial charge is 0.161 e. The van der Waals surface area contributed by atoms with Gasteiger partial charge < -0.3 is 20.1 Å². The number of fused-ring (bicyclic) bond motifs is 2. The molecule has 2 N–H and O–H groups in total. The minimum absolute atomic E-state index is 0.257. The summed E-state index contributed by atoms with van der Waals surface area (Å²) in [7, 11) is 0. The second kappa shape index (κ2) is 10.1. The largest absolute Gasteiger partial charge is 0.508 e. The van der Waals surface area contributed by atoms with Crippen molar-refractivity contribution in [2.75, 3.05) is 16.9 Å². The molecule has 0 bridgehead atoms. The van der Waals surface area contributed by atoms with Crippen LogP contribution in [0.3, 0.4) is 0 Å². The van der Waals surface area contributed by atoms with Gasteiger partial charge in [0.2, 0.25) is 0 Å². The van der Waals surface area contributed by atoms with Gasteiger partial charge in [-0.05, 0) is 96.7 Å². The fourth-order valence-corrected chi connectivity index (χ4v) is 5.79. The molecule has 1 aliphatic rings. The van der Waals surface area contributed by atoms with Crippen LogP contribution >= 0.6 is 31.9 Å². The molecule has 1 aliphatic heterocycles. The molecule has 0 saturated carbocycles. The Labute approximate surface area is 232 Å². The summed E-state index contributed by atoms with van der Waals surface area (Å²) >= 11 is 7.34. The Bertz CT molecular complexity index is 1600. The van der Waals surface area contributed by atoms with Crippen LogP contribution in [0.25, 0.3) is 10.8 Å². The van der Waals surface area contributed by atoms with Crippen LogP contribution in [0.2, 0.25) is 0 Å². The molecule has 5 aromatic rings. The lowest BCUT2D eigenvalue weighted by Gasteiger charge is -2.32. The lowest BCUT2D eigenvalue weighted by atomic mass is 9.93. The third-order valence-corrected chi connectivity index (χ3v) is 8.09. The summed E-state index contributed by atoms with van der Waals surface area (Å²) in [4.78, 5) is 2.21. The Hall–Kier alpha value is -3.48. The van der Waals surface area contributed by atoms with Crippen molar-refractivity contribution in [1.29, 1.82) is 0 Å². The first-order valence-corrected chi connectivity index (χ1v) is 13.6. The second-order valence-electron chi connectivity index (χ2n) is 9.11. The number of hydrogen-bond donors (Lipinski definition) is 2. The molecule has 0 aliphatic carbocycles. The van der Waals surface area contributed by atoms with E-state index >= 15 is 0 Å². The summed E-state index contributed by atoms with van der Waals surface area (Å²) in [5, 5.41) is 16.9. The molecular formula is C31H24Br2N2O2. The zero-order chi connectivity index (χ0) is 25.4. The van der Waals surface area contributed by atoms with Crippen molar-refractivity contribution in [2.45, 2.75) is 12.6 Å². The average Bonchev–Trinajstić information content (AvgIpc) is 2.92. The summed E-state index contributed by atoms with van der Waals surface area (Å²) in [6.45, 7) is 1.20. The normalized spacial score (nSPS) is 13.6. The van der Waals surface area contributed by atoms with Crippen molar-refractivity contribution in [3.63, 3.8) is 0 Å². The Morgan fingerprint density at radius 3 is 2.27 bits per heavy atom. The number of rotatable bonds is 5. The summed E-state index contributed by atoms with van der Waals surface area (Å²) in [6.07, 6.45) is 0. The van der Waals surface area contributed by atoms with E-state index in [9.17, 15) is 5.11 Å². The van der Waals surface area contributed by atoms with E-state index < -0.39 is 0 Å². The summed E-state index contributed by atoms with van der Waals surface area (Å²) in [6, 6.07) is 34.2. The predicted molar refractivity (Wildman–Crippen MR) is 157 cm³/mol. The molecule has 0 radical (unpaired) electrons. The average molecular weight is 616 g/mol. The van der Waals surface area contributed by atoms with Gasteiger partial charge in [-0.3, -0.25) is 0 Å². The molecule has 1 atom stereocenters. The van der Waals surface area contributed by atoms with Gasteiger partial charge in [-0.1, -0.05) is 54.6 Å². The van der Waals surface area contributed by atoms with E-state index in [4.69, 9.17) is 4.74 Å². The van der Waals surface area contributed by atoms with Gasteiger partial charge in [0, 0.05) is 32.3 Å². The van der Waals surface area contributed by atoms with Crippen molar-refractivity contribution in [3.8, 4) is 11.5 Å². The van der Waals surface area contributed by atoms with Gasteiger partial charge in [-0.15, -0.1) is 0 Å². The number of aromatic hydroxyl groups is 1. The van der Waals surface area contributed by atoms with Gasteiger partial charge in [-0.2, -0.15) is 0 Å². The Kier molecular flexibility index (Phi) is 6.53. The highest BCUT2D eigenvalue weighted by atomic mass is 79.9. The van der Waals surface area contributed by atoms with Crippen molar-refractivity contribution in [1.82, 2.24) is 0 Å². The highest BCUT2D eigenvalue weighted by Gasteiger charge is 2.24. The number of nitrogens with zero attached hydrogens (tertiary/aromatic N) is 1. The first-order chi connectivity index (χ1) is 18.1. The number of benzene rings is 5. The van der Waals surface area contributed by atoms with Crippen molar-refractivity contribution in [3.05, 3.63) is 129 Å². The van der Waals surface area contributed by atoms with Gasteiger partial charge in [0.15, 0.2) is 6.73 Å². The number of para-hydroxylation sites is 2. The van der Waals surface area contributed by atoms with Gasteiger partial charge >= 0.3 is 0 Å². The highest BCUT2D eigenvalue weighted by Crippen LogP contribution is 2.39. The molecule has 184 valence electrons. The highest BCUT2D eigenvalue weighted by molar-refractivity contribution is 9.11.